The lowest BCUT2D eigenvalue weighted by Crippen LogP contribution is -2.04. The van der Waals surface area contributed by atoms with Crippen LogP contribution < -0.4 is 10.1 Å². The predicted octanol–water partition coefficient (Wildman–Crippen LogP) is 2.21. The fourth-order valence-electron chi connectivity index (χ4n) is 1.23. The molecule has 0 unspecified atom stereocenters. The van der Waals surface area contributed by atoms with Crippen molar-refractivity contribution in [3.05, 3.63) is 35.0 Å². The maximum atomic E-state index is 13.8. The van der Waals surface area contributed by atoms with Crippen LogP contribution in [-0.4, -0.2) is 7.11 Å². The fourth-order valence-corrected chi connectivity index (χ4v) is 1.23. The van der Waals surface area contributed by atoms with Gasteiger partial charge in [0.2, 0.25) is 0 Å². The Morgan fingerprint density at radius 3 is 2.26 bits per heavy atom. The highest BCUT2D eigenvalue weighted by Gasteiger charge is 2.16. The lowest BCUT2D eigenvalue weighted by Gasteiger charge is -2.09. The van der Waals surface area contributed by atoms with Crippen molar-refractivity contribution in [1.82, 2.24) is 0 Å². The molecule has 1 aromatic carbocycles. The predicted molar refractivity (Wildman–Crippen MR) is 60.4 cm³/mol. The quantitative estimate of drug-likeness (QED) is 0.841. The summed E-state index contributed by atoms with van der Waals surface area (Å²) in [4.78, 5) is 0. The Kier molecular flexibility index (Phi) is 4.40. The first-order valence-corrected chi connectivity index (χ1v) is 4.82. The molecule has 0 amide bonds. The molecule has 7 heteroatoms. The van der Waals surface area contributed by atoms with Crippen molar-refractivity contribution in [3.63, 3.8) is 0 Å². The van der Waals surface area contributed by atoms with E-state index in [0.717, 1.165) is 19.2 Å². The van der Waals surface area contributed by atoms with Crippen LogP contribution in [0.5, 0.6) is 5.75 Å². The molecule has 0 aliphatic carbocycles. The van der Waals surface area contributed by atoms with Gasteiger partial charge in [-0.15, -0.1) is 0 Å². The van der Waals surface area contributed by atoms with Gasteiger partial charge in [-0.25, -0.2) is 8.78 Å². The van der Waals surface area contributed by atoms with E-state index in [-0.39, 0.29) is 5.69 Å². The number of methoxy groups -OCH3 is 1. The summed E-state index contributed by atoms with van der Waals surface area (Å²) in [6.07, 6.45) is 0. The normalized spacial score (nSPS) is 8.63. The number of halogens is 2. The van der Waals surface area contributed by atoms with Crippen molar-refractivity contribution in [3.8, 4) is 24.0 Å². The number of allylic oxidation sites excluding steroid dienone is 2. The lowest BCUT2D eigenvalue weighted by molar-refractivity contribution is 0.361. The molecule has 1 rings (SSSR count). The van der Waals surface area contributed by atoms with Gasteiger partial charge in [0, 0.05) is 0 Å². The molecular formula is C12H6F2N4O. The summed E-state index contributed by atoms with van der Waals surface area (Å²) >= 11 is 0. The number of rotatable bonds is 3. The molecule has 0 atom stereocenters. The molecule has 19 heavy (non-hydrogen) atoms. The zero-order valence-electron chi connectivity index (χ0n) is 9.66. The molecule has 0 aliphatic heterocycles. The van der Waals surface area contributed by atoms with Crippen LogP contribution in [0.2, 0.25) is 0 Å². The molecule has 0 aromatic heterocycles. The van der Waals surface area contributed by atoms with Gasteiger partial charge in [0.05, 0.1) is 12.8 Å². The van der Waals surface area contributed by atoms with Gasteiger partial charge in [-0.1, -0.05) is 0 Å². The van der Waals surface area contributed by atoms with E-state index in [1.165, 1.54) is 12.1 Å². The minimum Gasteiger partial charge on any atom is -0.491 e. The molecule has 0 radical (unpaired) electrons. The highest BCUT2D eigenvalue weighted by atomic mass is 19.1. The number of nitrogens with zero attached hydrogens (tertiary/aromatic N) is 3. The van der Waals surface area contributed by atoms with Gasteiger partial charge in [-0.2, -0.15) is 15.8 Å². The van der Waals surface area contributed by atoms with Gasteiger partial charge in [-0.3, -0.25) is 0 Å². The highest BCUT2D eigenvalue weighted by Crippen LogP contribution is 2.28. The Morgan fingerprint density at radius 2 is 1.79 bits per heavy atom. The van der Waals surface area contributed by atoms with Gasteiger partial charge >= 0.3 is 0 Å². The molecule has 1 N–H and O–H groups in total. The minimum absolute atomic E-state index is 0.280. The third kappa shape index (κ3) is 2.77. The molecule has 0 aliphatic rings. The van der Waals surface area contributed by atoms with Crippen LogP contribution in [0.4, 0.5) is 14.5 Å². The maximum absolute atomic E-state index is 13.8. The van der Waals surface area contributed by atoms with E-state index >= 15 is 0 Å². The van der Waals surface area contributed by atoms with E-state index in [1.54, 1.807) is 6.07 Å². The van der Waals surface area contributed by atoms with Crippen LogP contribution in [0.3, 0.4) is 0 Å². The molecule has 0 bridgehead atoms. The van der Waals surface area contributed by atoms with E-state index in [0.29, 0.717) is 0 Å². The molecule has 0 saturated carbocycles. The summed E-state index contributed by atoms with van der Waals surface area (Å²) in [7, 11) is 1.09. The number of nitrogens with one attached hydrogen (secondary N) is 1. The summed E-state index contributed by atoms with van der Waals surface area (Å²) in [5, 5.41) is 28.3. The molecule has 1 aromatic rings. The van der Waals surface area contributed by atoms with Crippen molar-refractivity contribution in [2.75, 3.05) is 12.4 Å². The van der Waals surface area contributed by atoms with Crippen LogP contribution in [0.1, 0.15) is 0 Å². The number of hydrogen-bond acceptors (Lipinski definition) is 5. The van der Waals surface area contributed by atoms with Crippen molar-refractivity contribution in [2.24, 2.45) is 0 Å². The highest BCUT2D eigenvalue weighted by molar-refractivity contribution is 5.60. The first-order chi connectivity index (χ1) is 9.08. The maximum Gasteiger partial charge on any atom is 0.192 e. The number of anilines is 1. The van der Waals surface area contributed by atoms with Crippen LogP contribution in [-0.2, 0) is 0 Å². The second-order valence-electron chi connectivity index (χ2n) is 3.15. The molecule has 94 valence electrons. The van der Waals surface area contributed by atoms with Crippen molar-refractivity contribution >= 4 is 5.69 Å². The zero-order valence-corrected chi connectivity index (χ0v) is 9.66. The van der Waals surface area contributed by atoms with Crippen molar-refractivity contribution in [1.29, 1.82) is 15.8 Å². The number of nitriles is 3. The van der Waals surface area contributed by atoms with Gasteiger partial charge < -0.3 is 10.1 Å². The Balaban J connectivity index is 3.30. The van der Waals surface area contributed by atoms with Crippen LogP contribution in [0, 0.1) is 45.6 Å². The summed E-state index contributed by atoms with van der Waals surface area (Å²) in [5.41, 5.74) is -1.22. The second kappa shape index (κ2) is 6.00. The Hall–Kier alpha value is -3.11. The van der Waals surface area contributed by atoms with E-state index in [1.807, 2.05) is 0 Å². The molecule has 0 spiro atoms. The smallest absolute Gasteiger partial charge is 0.192 e. The first kappa shape index (κ1) is 14.0. The van der Waals surface area contributed by atoms with Gasteiger partial charge in [0.25, 0.3) is 0 Å². The molecule has 5 nitrogen and oxygen atoms in total. The van der Waals surface area contributed by atoms with Gasteiger partial charge in [0.1, 0.15) is 23.9 Å². The van der Waals surface area contributed by atoms with Crippen LogP contribution in [0.25, 0.3) is 0 Å². The van der Waals surface area contributed by atoms with Crippen LogP contribution >= 0.6 is 0 Å². The van der Waals surface area contributed by atoms with Gasteiger partial charge in [-0.05, 0) is 12.1 Å². The Labute approximate surface area is 107 Å². The summed E-state index contributed by atoms with van der Waals surface area (Å²) in [6, 6.07) is 6.48. The summed E-state index contributed by atoms with van der Waals surface area (Å²) in [5.74, 6) is -2.60. The Morgan fingerprint density at radius 1 is 1.16 bits per heavy atom. The van der Waals surface area contributed by atoms with Gasteiger partial charge in [0.15, 0.2) is 23.0 Å². The average Bonchev–Trinajstić information content (AvgIpc) is 2.42. The van der Waals surface area contributed by atoms with Crippen molar-refractivity contribution in [2.45, 2.75) is 0 Å². The monoisotopic (exact) mass is 260 g/mol. The number of benzene rings is 1. The zero-order chi connectivity index (χ0) is 14.4. The third-order valence-corrected chi connectivity index (χ3v) is 2.10. The van der Waals surface area contributed by atoms with E-state index < -0.39 is 28.7 Å². The molecule has 0 fully saturated rings. The minimum atomic E-state index is -1.06. The fraction of sp³-hybridized carbons (Fsp3) is 0.0833. The number of hydrogen-bond donors (Lipinski definition) is 1. The second-order valence-corrected chi connectivity index (χ2v) is 3.15. The summed E-state index contributed by atoms with van der Waals surface area (Å²) < 4.78 is 31.5. The summed E-state index contributed by atoms with van der Waals surface area (Å²) in [6.45, 7) is 0. The Bertz CT molecular complexity index is 646. The molecule has 0 saturated heterocycles. The van der Waals surface area contributed by atoms with E-state index in [4.69, 9.17) is 15.8 Å². The SMILES string of the molecule is COc1c(F)ccc(NC(C#N)=C(C#N)C#N)c1F. The van der Waals surface area contributed by atoms with Crippen LogP contribution in [0.15, 0.2) is 23.4 Å². The standard InChI is InChI=1S/C12H6F2N4O/c1-19-12-8(13)2-3-9(11(12)14)18-10(6-17)7(4-15)5-16/h2-3,18H,1H3. The van der Waals surface area contributed by atoms with E-state index in [2.05, 4.69) is 10.1 Å². The molecular weight excluding hydrogens is 254 g/mol. The van der Waals surface area contributed by atoms with E-state index in [9.17, 15) is 8.78 Å². The number of ether oxygens (including phenoxy) is 1. The average molecular weight is 260 g/mol. The lowest BCUT2D eigenvalue weighted by atomic mass is 10.2. The first-order valence-electron chi connectivity index (χ1n) is 4.82. The largest absolute Gasteiger partial charge is 0.491 e. The molecule has 0 heterocycles. The van der Waals surface area contributed by atoms with Crippen molar-refractivity contribution < 1.29 is 13.5 Å². The third-order valence-electron chi connectivity index (χ3n) is 2.10. The topological polar surface area (TPSA) is 92.6 Å².